The van der Waals surface area contributed by atoms with Crippen LogP contribution in [-0.4, -0.2) is 23.0 Å². The minimum atomic E-state index is 0.445. The molecule has 1 atom stereocenters. The molecule has 0 bridgehead atoms. The van der Waals surface area contributed by atoms with Gasteiger partial charge in [0.15, 0.2) is 0 Å². The molecule has 1 rings (SSSR count). The molecule has 1 unspecified atom stereocenters. The average Bonchev–Trinajstić information content (AvgIpc) is 2.29. The maximum atomic E-state index is 8.63. The predicted molar refractivity (Wildman–Crippen MR) is 65.0 cm³/mol. The van der Waals surface area contributed by atoms with Gasteiger partial charge in [-0.2, -0.15) is 17.0 Å². The number of nitriles is 1. The molecule has 1 N–H and O–H groups in total. The molecular weight excluding hydrogens is 206 g/mol. The highest BCUT2D eigenvalue weighted by molar-refractivity contribution is 7.98. The first-order valence-corrected chi connectivity index (χ1v) is 6.31. The molecule has 80 valence electrons. The van der Waals surface area contributed by atoms with Gasteiger partial charge in [-0.05, 0) is 24.8 Å². The smallest absolute Gasteiger partial charge is 0.126 e. The van der Waals surface area contributed by atoms with Crippen molar-refractivity contribution in [3.05, 3.63) is 23.9 Å². The predicted octanol–water partition coefficient (Wildman–Crippen LogP) is 2.51. The van der Waals surface area contributed by atoms with E-state index in [4.69, 9.17) is 5.26 Å². The number of aromatic nitrogens is 1. The van der Waals surface area contributed by atoms with Crippen molar-refractivity contribution >= 4 is 17.6 Å². The summed E-state index contributed by atoms with van der Waals surface area (Å²) in [6, 6.07) is 6.12. The van der Waals surface area contributed by atoms with E-state index < -0.39 is 0 Å². The fourth-order valence-electron chi connectivity index (χ4n) is 1.22. The largest absolute Gasteiger partial charge is 0.367 e. The van der Waals surface area contributed by atoms with Crippen LogP contribution in [0.25, 0.3) is 0 Å². The molecule has 15 heavy (non-hydrogen) atoms. The molecule has 1 aromatic rings. The second-order valence-electron chi connectivity index (χ2n) is 3.25. The van der Waals surface area contributed by atoms with Crippen LogP contribution < -0.4 is 5.32 Å². The Labute approximate surface area is 94.9 Å². The molecule has 0 aliphatic carbocycles. The number of rotatable bonds is 5. The van der Waals surface area contributed by atoms with Crippen molar-refractivity contribution < 1.29 is 0 Å². The van der Waals surface area contributed by atoms with E-state index in [1.54, 1.807) is 12.3 Å². The van der Waals surface area contributed by atoms with Gasteiger partial charge in [-0.15, -0.1) is 0 Å². The van der Waals surface area contributed by atoms with Crippen molar-refractivity contribution in [2.75, 3.05) is 17.3 Å². The summed E-state index contributed by atoms with van der Waals surface area (Å²) in [7, 11) is 0. The van der Waals surface area contributed by atoms with Crippen molar-refractivity contribution in [2.24, 2.45) is 0 Å². The summed E-state index contributed by atoms with van der Waals surface area (Å²) in [5, 5.41) is 12.0. The van der Waals surface area contributed by atoms with E-state index in [-0.39, 0.29) is 0 Å². The van der Waals surface area contributed by atoms with Gasteiger partial charge in [0.25, 0.3) is 0 Å². The maximum Gasteiger partial charge on any atom is 0.126 e. The zero-order chi connectivity index (χ0) is 11.1. The molecule has 1 heterocycles. The highest BCUT2D eigenvalue weighted by atomic mass is 32.2. The molecule has 0 aliphatic heterocycles. The Hall–Kier alpha value is -1.21. The third-order valence-electron chi connectivity index (χ3n) is 2.11. The first-order chi connectivity index (χ1) is 7.30. The van der Waals surface area contributed by atoms with Gasteiger partial charge < -0.3 is 5.32 Å². The lowest BCUT2D eigenvalue weighted by Gasteiger charge is -2.15. The van der Waals surface area contributed by atoms with E-state index in [9.17, 15) is 0 Å². The summed E-state index contributed by atoms with van der Waals surface area (Å²) in [6.07, 6.45) is 4.76. The quantitative estimate of drug-likeness (QED) is 0.830. The number of nitrogens with zero attached hydrogens (tertiary/aromatic N) is 2. The highest BCUT2D eigenvalue weighted by Crippen LogP contribution is 2.10. The number of thioether (sulfide) groups is 1. The molecule has 0 saturated carbocycles. The Bertz CT molecular complexity index is 329. The van der Waals surface area contributed by atoms with Crippen LogP contribution in [0.2, 0.25) is 0 Å². The Morgan fingerprint density at radius 3 is 2.87 bits per heavy atom. The lowest BCUT2D eigenvalue weighted by atomic mass is 10.2. The zero-order valence-electron chi connectivity index (χ0n) is 9.03. The summed E-state index contributed by atoms with van der Waals surface area (Å²) < 4.78 is 0. The second-order valence-corrected chi connectivity index (χ2v) is 4.16. The molecule has 1 aromatic heterocycles. The van der Waals surface area contributed by atoms with Crippen LogP contribution in [0.1, 0.15) is 18.9 Å². The van der Waals surface area contributed by atoms with Gasteiger partial charge in [0.1, 0.15) is 11.9 Å². The van der Waals surface area contributed by atoms with Gasteiger partial charge in [0.05, 0.1) is 5.56 Å². The van der Waals surface area contributed by atoms with E-state index in [0.717, 1.165) is 18.0 Å². The molecule has 3 nitrogen and oxygen atoms in total. The molecule has 0 fully saturated rings. The lowest BCUT2D eigenvalue weighted by Crippen LogP contribution is -2.21. The summed E-state index contributed by atoms with van der Waals surface area (Å²) in [5.41, 5.74) is 0.596. The first kappa shape index (κ1) is 11.9. The van der Waals surface area contributed by atoms with Crippen LogP contribution in [0.4, 0.5) is 5.82 Å². The van der Waals surface area contributed by atoms with Gasteiger partial charge in [-0.1, -0.05) is 6.92 Å². The van der Waals surface area contributed by atoms with E-state index in [2.05, 4.69) is 29.5 Å². The van der Waals surface area contributed by atoms with Crippen LogP contribution in [0, 0.1) is 11.3 Å². The van der Waals surface area contributed by atoms with Gasteiger partial charge in [-0.25, -0.2) is 4.98 Å². The van der Waals surface area contributed by atoms with Crippen LogP contribution in [0.3, 0.4) is 0 Å². The normalized spacial score (nSPS) is 11.8. The van der Waals surface area contributed by atoms with Crippen molar-refractivity contribution in [1.29, 1.82) is 5.26 Å². The van der Waals surface area contributed by atoms with Gasteiger partial charge in [0.2, 0.25) is 0 Å². The fourth-order valence-corrected chi connectivity index (χ4v) is 1.94. The van der Waals surface area contributed by atoms with Crippen LogP contribution in [-0.2, 0) is 0 Å². The minimum Gasteiger partial charge on any atom is -0.367 e. The number of pyridine rings is 1. The number of nitrogens with one attached hydrogen (secondary N) is 1. The Morgan fingerprint density at radius 1 is 1.60 bits per heavy atom. The van der Waals surface area contributed by atoms with Crippen molar-refractivity contribution in [2.45, 2.75) is 19.4 Å². The summed E-state index contributed by atoms with van der Waals surface area (Å²) in [6.45, 7) is 2.15. The van der Waals surface area contributed by atoms with Gasteiger partial charge in [0, 0.05) is 18.0 Å². The van der Waals surface area contributed by atoms with Gasteiger partial charge in [-0.3, -0.25) is 0 Å². The van der Waals surface area contributed by atoms with Gasteiger partial charge >= 0.3 is 0 Å². The van der Waals surface area contributed by atoms with E-state index in [1.807, 2.05) is 17.8 Å². The molecule has 0 amide bonds. The average molecular weight is 221 g/mol. The Kier molecular flexibility index (Phi) is 4.99. The Balaban J connectivity index is 2.59. The summed E-state index contributed by atoms with van der Waals surface area (Å²) >= 11 is 1.82. The van der Waals surface area contributed by atoms with Crippen molar-refractivity contribution in [1.82, 2.24) is 4.98 Å². The molecule has 0 aromatic carbocycles. The second kappa shape index (κ2) is 6.31. The highest BCUT2D eigenvalue weighted by Gasteiger charge is 2.05. The third-order valence-corrected chi connectivity index (χ3v) is 2.84. The van der Waals surface area contributed by atoms with E-state index in [0.29, 0.717) is 11.6 Å². The van der Waals surface area contributed by atoms with Crippen LogP contribution >= 0.6 is 11.8 Å². The van der Waals surface area contributed by atoms with E-state index >= 15 is 0 Å². The fraction of sp³-hybridized carbons (Fsp3) is 0.455. The molecular formula is C11H15N3S. The Morgan fingerprint density at radius 2 is 2.40 bits per heavy atom. The lowest BCUT2D eigenvalue weighted by molar-refractivity contribution is 0.770. The summed E-state index contributed by atoms with van der Waals surface area (Å²) in [5.74, 6) is 1.91. The third kappa shape index (κ3) is 3.80. The van der Waals surface area contributed by atoms with Crippen LogP contribution in [0.15, 0.2) is 18.3 Å². The number of hydrogen-bond donors (Lipinski definition) is 1. The first-order valence-electron chi connectivity index (χ1n) is 4.91. The van der Waals surface area contributed by atoms with Crippen molar-refractivity contribution in [3.63, 3.8) is 0 Å². The number of hydrogen-bond acceptors (Lipinski definition) is 4. The zero-order valence-corrected chi connectivity index (χ0v) is 9.84. The minimum absolute atomic E-state index is 0.445. The van der Waals surface area contributed by atoms with E-state index in [1.165, 1.54) is 0 Å². The molecule has 0 radical (unpaired) electrons. The maximum absolute atomic E-state index is 8.63. The van der Waals surface area contributed by atoms with Crippen molar-refractivity contribution in [3.8, 4) is 6.07 Å². The standard InChI is InChI=1S/C11H15N3S/c1-3-10(8-15-2)14-11-5-4-9(6-12)7-13-11/h4-5,7,10H,3,8H2,1-2H3,(H,13,14). The molecule has 0 aliphatic rings. The summed E-state index contributed by atoms with van der Waals surface area (Å²) in [4.78, 5) is 4.18. The van der Waals surface area contributed by atoms with Crippen LogP contribution in [0.5, 0.6) is 0 Å². The SMILES string of the molecule is CCC(CSC)Nc1ccc(C#N)cn1. The monoisotopic (exact) mass is 221 g/mol. The molecule has 0 saturated heterocycles. The topological polar surface area (TPSA) is 48.7 Å². The molecule has 0 spiro atoms. The number of anilines is 1. The molecule has 4 heteroatoms.